The first-order valence-electron chi connectivity index (χ1n) is 9.53. The number of amides is 1. The lowest BCUT2D eigenvalue weighted by molar-refractivity contribution is 0.102. The monoisotopic (exact) mass is 443 g/mol. The summed E-state index contributed by atoms with van der Waals surface area (Å²) in [6.45, 7) is 0.439. The molecule has 1 fully saturated rings. The van der Waals surface area contributed by atoms with Gasteiger partial charge < -0.3 is 19.8 Å². The van der Waals surface area contributed by atoms with Crippen LogP contribution in [0.1, 0.15) is 16.8 Å². The van der Waals surface area contributed by atoms with Gasteiger partial charge in [0.25, 0.3) is 11.5 Å². The summed E-state index contributed by atoms with van der Waals surface area (Å²) in [5.41, 5.74) is 0.885. The number of hydrogen-bond donors (Lipinski definition) is 2. The van der Waals surface area contributed by atoms with Crippen LogP contribution in [0.15, 0.2) is 47.3 Å². The topological polar surface area (TPSA) is 118 Å². The van der Waals surface area contributed by atoms with E-state index < -0.39 is 21.5 Å². The van der Waals surface area contributed by atoms with Gasteiger partial charge in [0.2, 0.25) is 10.0 Å². The molecule has 2 heterocycles. The quantitative estimate of drug-likeness (QED) is 0.625. The largest absolute Gasteiger partial charge is 0.493 e. The SMILES string of the molecule is COc1cc2cc(C(=O)Nc3ccc(N4CCCS4(=O)=O)cc3)c(=O)[nH]c2cc1OC. The Hall–Kier alpha value is -3.53. The van der Waals surface area contributed by atoms with Gasteiger partial charge in [0.15, 0.2) is 11.5 Å². The summed E-state index contributed by atoms with van der Waals surface area (Å²) in [7, 11) is -0.281. The number of ether oxygens (including phenoxy) is 2. The Labute approximate surface area is 178 Å². The number of nitrogens with one attached hydrogen (secondary N) is 2. The number of nitrogens with zero attached hydrogens (tertiary/aromatic N) is 1. The predicted molar refractivity (Wildman–Crippen MR) is 118 cm³/mol. The number of pyridine rings is 1. The molecule has 1 amide bonds. The lowest BCUT2D eigenvalue weighted by Gasteiger charge is -2.17. The maximum Gasteiger partial charge on any atom is 0.261 e. The van der Waals surface area contributed by atoms with E-state index in [4.69, 9.17) is 9.47 Å². The molecule has 0 spiro atoms. The van der Waals surface area contributed by atoms with Gasteiger partial charge in [-0.3, -0.25) is 13.9 Å². The molecule has 31 heavy (non-hydrogen) atoms. The average Bonchev–Trinajstić information content (AvgIpc) is 3.11. The molecule has 1 saturated heterocycles. The van der Waals surface area contributed by atoms with Crippen molar-refractivity contribution in [3.05, 3.63) is 58.4 Å². The number of anilines is 2. The molecule has 1 aliphatic heterocycles. The minimum atomic E-state index is -3.27. The summed E-state index contributed by atoms with van der Waals surface area (Å²) in [5.74, 6) is 0.482. The number of fused-ring (bicyclic) bond motifs is 1. The molecule has 1 aromatic heterocycles. The lowest BCUT2D eigenvalue weighted by Crippen LogP contribution is -2.25. The second kappa shape index (κ2) is 7.95. The van der Waals surface area contributed by atoms with Crippen LogP contribution in [0.3, 0.4) is 0 Å². The van der Waals surface area contributed by atoms with Crippen molar-refractivity contribution < 1.29 is 22.7 Å². The Morgan fingerprint density at radius 3 is 2.35 bits per heavy atom. The fraction of sp³-hybridized carbons (Fsp3) is 0.238. The first kappa shape index (κ1) is 20.7. The van der Waals surface area contributed by atoms with Crippen LogP contribution in [0.5, 0.6) is 11.5 Å². The number of methoxy groups -OCH3 is 2. The zero-order valence-electron chi connectivity index (χ0n) is 17.0. The molecule has 4 rings (SSSR count). The van der Waals surface area contributed by atoms with Gasteiger partial charge >= 0.3 is 0 Å². The molecule has 3 aromatic rings. The molecule has 0 unspecified atom stereocenters. The lowest BCUT2D eigenvalue weighted by atomic mass is 10.1. The third-order valence-corrected chi connectivity index (χ3v) is 6.97. The van der Waals surface area contributed by atoms with Crippen LogP contribution in [0.4, 0.5) is 11.4 Å². The van der Waals surface area contributed by atoms with Crippen molar-refractivity contribution in [2.75, 3.05) is 36.1 Å². The first-order valence-corrected chi connectivity index (χ1v) is 11.1. The van der Waals surface area contributed by atoms with Gasteiger partial charge in [-0.2, -0.15) is 0 Å². The summed E-state index contributed by atoms with van der Waals surface area (Å²) in [6, 6.07) is 11.2. The van der Waals surface area contributed by atoms with Crippen LogP contribution < -0.4 is 24.7 Å². The fourth-order valence-electron chi connectivity index (χ4n) is 3.54. The smallest absolute Gasteiger partial charge is 0.261 e. The van der Waals surface area contributed by atoms with E-state index in [0.717, 1.165) is 0 Å². The third-order valence-electron chi connectivity index (χ3n) is 5.11. The Morgan fingerprint density at radius 2 is 1.74 bits per heavy atom. The molecule has 2 aromatic carbocycles. The normalized spacial score (nSPS) is 15.1. The van der Waals surface area contributed by atoms with Crippen LogP contribution >= 0.6 is 0 Å². The summed E-state index contributed by atoms with van der Waals surface area (Å²) >= 11 is 0. The number of sulfonamides is 1. The molecule has 0 aliphatic carbocycles. The van der Waals surface area contributed by atoms with E-state index in [1.807, 2.05) is 0 Å². The van der Waals surface area contributed by atoms with E-state index in [2.05, 4.69) is 10.3 Å². The number of hydrogen-bond acceptors (Lipinski definition) is 6. The number of aromatic nitrogens is 1. The van der Waals surface area contributed by atoms with E-state index in [0.29, 0.717) is 46.7 Å². The van der Waals surface area contributed by atoms with Gasteiger partial charge in [0, 0.05) is 23.7 Å². The number of benzene rings is 2. The van der Waals surface area contributed by atoms with E-state index in [1.165, 1.54) is 24.6 Å². The second-order valence-corrected chi connectivity index (χ2v) is 9.06. The Kier molecular flexibility index (Phi) is 5.32. The molecular formula is C21H21N3O6S. The zero-order valence-corrected chi connectivity index (χ0v) is 17.8. The van der Waals surface area contributed by atoms with Crippen molar-refractivity contribution in [3.63, 3.8) is 0 Å². The third kappa shape index (κ3) is 3.93. The fourth-order valence-corrected chi connectivity index (χ4v) is 5.11. The van der Waals surface area contributed by atoms with E-state index in [1.54, 1.807) is 36.4 Å². The van der Waals surface area contributed by atoms with Crippen molar-refractivity contribution in [1.82, 2.24) is 4.98 Å². The molecule has 0 bridgehead atoms. The van der Waals surface area contributed by atoms with Gasteiger partial charge in [0.1, 0.15) is 5.56 Å². The second-order valence-electron chi connectivity index (χ2n) is 7.05. The maximum atomic E-state index is 12.7. The highest BCUT2D eigenvalue weighted by molar-refractivity contribution is 7.93. The number of carbonyl (C=O) groups is 1. The molecular weight excluding hydrogens is 422 g/mol. The van der Waals surface area contributed by atoms with Gasteiger partial charge in [-0.15, -0.1) is 0 Å². The van der Waals surface area contributed by atoms with E-state index >= 15 is 0 Å². The van der Waals surface area contributed by atoms with Crippen LogP contribution in [-0.4, -0.2) is 45.8 Å². The van der Waals surface area contributed by atoms with E-state index in [-0.39, 0.29) is 11.3 Å². The van der Waals surface area contributed by atoms with Gasteiger partial charge in [-0.25, -0.2) is 8.42 Å². The molecule has 10 heteroatoms. The van der Waals surface area contributed by atoms with Crippen molar-refractivity contribution >= 4 is 38.2 Å². The number of rotatable bonds is 5. The van der Waals surface area contributed by atoms with Crippen molar-refractivity contribution in [1.29, 1.82) is 0 Å². The Balaban J connectivity index is 1.59. The summed E-state index contributed by atoms with van der Waals surface area (Å²) in [6.07, 6.45) is 0.586. The highest BCUT2D eigenvalue weighted by atomic mass is 32.2. The molecule has 0 atom stereocenters. The zero-order chi connectivity index (χ0) is 22.2. The van der Waals surface area contributed by atoms with Crippen LogP contribution in [0, 0.1) is 0 Å². The minimum absolute atomic E-state index is 0.0640. The number of aromatic amines is 1. The maximum absolute atomic E-state index is 12.7. The number of carbonyl (C=O) groups excluding carboxylic acids is 1. The van der Waals surface area contributed by atoms with Gasteiger partial charge in [-0.05, 0) is 42.8 Å². The summed E-state index contributed by atoms with van der Waals surface area (Å²) in [4.78, 5) is 27.8. The van der Waals surface area contributed by atoms with Crippen LogP contribution in [0.25, 0.3) is 10.9 Å². The van der Waals surface area contributed by atoms with Crippen LogP contribution in [0.2, 0.25) is 0 Å². The molecule has 2 N–H and O–H groups in total. The highest BCUT2D eigenvalue weighted by Gasteiger charge is 2.28. The predicted octanol–water partition coefficient (Wildman–Crippen LogP) is 2.34. The van der Waals surface area contributed by atoms with Gasteiger partial charge in [-0.1, -0.05) is 0 Å². The molecule has 9 nitrogen and oxygen atoms in total. The van der Waals surface area contributed by atoms with Crippen molar-refractivity contribution in [2.45, 2.75) is 6.42 Å². The summed E-state index contributed by atoms with van der Waals surface area (Å²) < 4.78 is 35.9. The first-order chi connectivity index (χ1) is 14.8. The van der Waals surface area contributed by atoms with Crippen molar-refractivity contribution in [2.24, 2.45) is 0 Å². The Bertz CT molecular complexity index is 1320. The molecule has 0 saturated carbocycles. The molecule has 162 valence electrons. The minimum Gasteiger partial charge on any atom is -0.493 e. The highest BCUT2D eigenvalue weighted by Crippen LogP contribution is 2.31. The van der Waals surface area contributed by atoms with E-state index in [9.17, 15) is 18.0 Å². The summed E-state index contributed by atoms with van der Waals surface area (Å²) in [5, 5.41) is 3.28. The Morgan fingerprint density at radius 1 is 1.06 bits per heavy atom. The average molecular weight is 443 g/mol. The standard InChI is InChI=1S/C21H21N3O6S/c1-29-18-11-13-10-16(21(26)23-17(13)12-19(18)30-2)20(25)22-14-4-6-15(7-5-14)24-8-3-9-31(24,27)28/h4-7,10-12H,3,8-9H2,1-2H3,(H,22,25)(H,23,26). The molecule has 1 aliphatic rings. The number of H-pyrrole nitrogens is 1. The molecule has 0 radical (unpaired) electrons. The van der Waals surface area contributed by atoms with Crippen LogP contribution in [-0.2, 0) is 10.0 Å². The van der Waals surface area contributed by atoms with Crippen molar-refractivity contribution in [3.8, 4) is 11.5 Å². The van der Waals surface area contributed by atoms with Gasteiger partial charge in [0.05, 0.1) is 31.2 Å².